The third-order valence-electron chi connectivity index (χ3n) is 3.46. The van der Waals surface area contributed by atoms with Crippen molar-refractivity contribution in [1.82, 2.24) is 5.32 Å². The van der Waals surface area contributed by atoms with Crippen LogP contribution in [0.3, 0.4) is 0 Å². The topological polar surface area (TPSA) is 64.6 Å². The minimum absolute atomic E-state index is 0.174. The third kappa shape index (κ3) is 5.60. The Kier molecular flexibility index (Phi) is 6.51. The van der Waals surface area contributed by atoms with Crippen LogP contribution in [0.4, 0.5) is 4.39 Å². The minimum Gasteiger partial charge on any atom is -0.484 e. The molecule has 0 atom stereocenters. The molecule has 132 valence electrons. The Balaban J connectivity index is 1.79. The fourth-order valence-corrected chi connectivity index (χ4v) is 2.05. The van der Waals surface area contributed by atoms with Crippen molar-refractivity contribution in [3.8, 4) is 5.75 Å². The standard InChI is InChI=1S/C19H20FNO4/c1-3-24-19(23)15-6-8-16(9-7-15)25-12-18(22)21-11-14-5-4-13(2)17(20)10-14/h4-10H,3,11-12H2,1-2H3,(H,21,22). The first-order valence-electron chi connectivity index (χ1n) is 7.91. The molecule has 0 bridgehead atoms. The molecule has 0 aromatic heterocycles. The number of nitrogens with one attached hydrogen (secondary N) is 1. The van der Waals surface area contributed by atoms with Crippen LogP contribution in [0, 0.1) is 12.7 Å². The molecule has 0 spiro atoms. The molecule has 1 amide bonds. The molecule has 0 radical (unpaired) electrons. The molecule has 25 heavy (non-hydrogen) atoms. The molecule has 2 rings (SSSR count). The smallest absolute Gasteiger partial charge is 0.338 e. The largest absolute Gasteiger partial charge is 0.484 e. The van der Waals surface area contributed by atoms with Gasteiger partial charge in [-0.15, -0.1) is 0 Å². The van der Waals surface area contributed by atoms with Crippen molar-refractivity contribution in [2.24, 2.45) is 0 Å². The van der Waals surface area contributed by atoms with Gasteiger partial charge in [-0.1, -0.05) is 12.1 Å². The zero-order chi connectivity index (χ0) is 18.2. The Labute approximate surface area is 145 Å². The number of esters is 1. The number of aryl methyl sites for hydroxylation is 1. The summed E-state index contributed by atoms with van der Waals surface area (Å²) in [5, 5.41) is 2.66. The molecule has 0 aliphatic carbocycles. The zero-order valence-electron chi connectivity index (χ0n) is 14.2. The minimum atomic E-state index is -0.405. The Morgan fingerprint density at radius 2 is 1.84 bits per heavy atom. The summed E-state index contributed by atoms with van der Waals surface area (Å²) in [6, 6.07) is 11.1. The predicted molar refractivity (Wildman–Crippen MR) is 90.9 cm³/mol. The monoisotopic (exact) mass is 345 g/mol. The van der Waals surface area contributed by atoms with Crippen LogP contribution in [0.2, 0.25) is 0 Å². The van der Waals surface area contributed by atoms with Gasteiger partial charge in [0.05, 0.1) is 12.2 Å². The van der Waals surface area contributed by atoms with Crippen molar-refractivity contribution in [2.45, 2.75) is 20.4 Å². The van der Waals surface area contributed by atoms with Crippen molar-refractivity contribution >= 4 is 11.9 Å². The molecular weight excluding hydrogens is 325 g/mol. The van der Waals surface area contributed by atoms with Crippen molar-refractivity contribution in [3.05, 3.63) is 65.0 Å². The van der Waals surface area contributed by atoms with E-state index in [1.54, 1.807) is 50.2 Å². The summed E-state index contributed by atoms with van der Waals surface area (Å²) in [4.78, 5) is 23.3. The number of hydrogen-bond acceptors (Lipinski definition) is 4. The fraction of sp³-hybridized carbons (Fsp3) is 0.263. The number of hydrogen-bond donors (Lipinski definition) is 1. The molecule has 0 saturated heterocycles. The molecule has 1 N–H and O–H groups in total. The highest BCUT2D eigenvalue weighted by Gasteiger charge is 2.07. The molecule has 2 aromatic carbocycles. The molecular formula is C19H20FNO4. The second kappa shape index (κ2) is 8.82. The maximum Gasteiger partial charge on any atom is 0.338 e. The van der Waals surface area contributed by atoms with Gasteiger partial charge in [-0.3, -0.25) is 4.79 Å². The Bertz CT molecular complexity index is 744. The highest BCUT2D eigenvalue weighted by molar-refractivity contribution is 5.89. The van der Waals surface area contributed by atoms with Crippen molar-refractivity contribution in [3.63, 3.8) is 0 Å². The lowest BCUT2D eigenvalue weighted by Crippen LogP contribution is -2.28. The molecule has 0 aliphatic heterocycles. The van der Waals surface area contributed by atoms with Crippen LogP contribution in [0.5, 0.6) is 5.75 Å². The Morgan fingerprint density at radius 3 is 2.48 bits per heavy atom. The maximum absolute atomic E-state index is 13.4. The van der Waals surface area contributed by atoms with E-state index in [0.29, 0.717) is 29.0 Å². The number of ether oxygens (including phenoxy) is 2. The van der Waals surface area contributed by atoms with Crippen LogP contribution < -0.4 is 10.1 Å². The van der Waals surface area contributed by atoms with Gasteiger partial charge in [-0.25, -0.2) is 9.18 Å². The molecule has 0 heterocycles. The average molecular weight is 345 g/mol. The number of carbonyl (C=O) groups excluding carboxylic acids is 2. The maximum atomic E-state index is 13.4. The van der Waals surface area contributed by atoms with Crippen molar-refractivity contribution in [1.29, 1.82) is 0 Å². The SMILES string of the molecule is CCOC(=O)c1ccc(OCC(=O)NCc2ccc(C)c(F)c2)cc1. The van der Waals surface area contributed by atoms with Gasteiger partial charge in [0.1, 0.15) is 11.6 Å². The summed E-state index contributed by atoms with van der Waals surface area (Å²) >= 11 is 0. The lowest BCUT2D eigenvalue weighted by Gasteiger charge is -2.09. The van der Waals surface area contributed by atoms with Crippen LogP contribution in [0.15, 0.2) is 42.5 Å². The molecule has 2 aromatic rings. The summed E-state index contributed by atoms with van der Waals surface area (Å²) in [6.07, 6.45) is 0. The summed E-state index contributed by atoms with van der Waals surface area (Å²) < 4.78 is 23.7. The molecule has 0 unspecified atom stereocenters. The van der Waals surface area contributed by atoms with Gasteiger partial charge in [-0.05, 0) is 55.3 Å². The summed E-state index contributed by atoms with van der Waals surface area (Å²) in [5.41, 5.74) is 1.65. The van der Waals surface area contributed by atoms with Crippen LogP contribution in [-0.4, -0.2) is 25.1 Å². The van der Waals surface area contributed by atoms with Crippen LogP contribution in [0.25, 0.3) is 0 Å². The van der Waals surface area contributed by atoms with Gasteiger partial charge in [-0.2, -0.15) is 0 Å². The highest BCUT2D eigenvalue weighted by Crippen LogP contribution is 2.13. The van der Waals surface area contributed by atoms with Crippen LogP contribution >= 0.6 is 0 Å². The van der Waals surface area contributed by atoms with Gasteiger partial charge in [0.25, 0.3) is 5.91 Å². The second-order valence-corrected chi connectivity index (χ2v) is 5.39. The van der Waals surface area contributed by atoms with Gasteiger partial charge >= 0.3 is 5.97 Å². The fourth-order valence-electron chi connectivity index (χ4n) is 2.05. The van der Waals surface area contributed by atoms with E-state index in [9.17, 15) is 14.0 Å². The van der Waals surface area contributed by atoms with E-state index in [4.69, 9.17) is 9.47 Å². The lowest BCUT2D eigenvalue weighted by atomic mass is 10.1. The van der Waals surface area contributed by atoms with E-state index in [2.05, 4.69) is 5.32 Å². The summed E-state index contributed by atoms with van der Waals surface area (Å²) in [7, 11) is 0. The number of carbonyl (C=O) groups is 2. The molecule has 6 heteroatoms. The van der Waals surface area contributed by atoms with E-state index in [1.807, 2.05) is 0 Å². The van der Waals surface area contributed by atoms with E-state index in [0.717, 1.165) is 0 Å². The quantitative estimate of drug-likeness (QED) is 0.784. The van der Waals surface area contributed by atoms with E-state index in [1.165, 1.54) is 6.07 Å². The number of amides is 1. The predicted octanol–water partition coefficient (Wildman–Crippen LogP) is 3.01. The number of benzene rings is 2. The Hall–Kier alpha value is -2.89. The van der Waals surface area contributed by atoms with Crippen LogP contribution in [0.1, 0.15) is 28.4 Å². The second-order valence-electron chi connectivity index (χ2n) is 5.39. The van der Waals surface area contributed by atoms with Gasteiger partial charge in [0, 0.05) is 6.54 Å². The summed E-state index contributed by atoms with van der Waals surface area (Å²) in [6.45, 7) is 3.77. The van der Waals surface area contributed by atoms with Gasteiger partial charge < -0.3 is 14.8 Å². The Morgan fingerprint density at radius 1 is 1.12 bits per heavy atom. The van der Waals surface area contributed by atoms with Crippen molar-refractivity contribution in [2.75, 3.05) is 13.2 Å². The average Bonchev–Trinajstić information content (AvgIpc) is 2.61. The highest BCUT2D eigenvalue weighted by atomic mass is 19.1. The first kappa shape index (κ1) is 18.4. The lowest BCUT2D eigenvalue weighted by molar-refractivity contribution is -0.123. The van der Waals surface area contributed by atoms with E-state index < -0.39 is 5.97 Å². The molecule has 5 nitrogen and oxygen atoms in total. The molecule has 0 aliphatic rings. The van der Waals surface area contributed by atoms with E-state index in [-0.39, 0.29) is 24.9 Å². The van der Waals surface area contributed by atoms with E-state index >= 15 is 0 Å². The molecule has 0 saturated carbocycles. The normalized spacial score (nSPS) is 10.2. The number of rotatable bonds is 7. The zero-order valence-corrected chi connectivity index (χ0v) is 14.2. The number of halogens is 1. The summed E-state index contributed by atoms with van der Waals surface area (Å²) in [5.74, 6) is -0.568. The molecule has 0 fully saturated rings. The van der Waals surface area contributed by atoms with Gasteiger partial charge in [0.2, 0.25) is 0 Å². The first-order chi connectivity index (χ1) is 12.0. The first-order valence-corrected chi connectivity index (χ1v) is 7.91. The van der Waals surface area contributed by atoms with Gasteiger partial charge in [0.15, 0.2) is 6.61 Å². The third-order valence-corrected chi connectivity index (χ3v) is 3.46. The van der Waals surface area contributed by atoms with Crippen molar-refractivity contribution < 1.29 is 23.5 Å². The van der Waals surface area contributed by atoms with Crippen LogP contribution in [-0.2, 0) is 16.1 Å².